The van der Waals surface area contributed by atoms with Gasteiger partial charge in [0.1, 0.15) is 5.75 Å². The Morgan fingerprint density at radius 2 is 1.83 bits per heavy atom. The minimum absolute atomic E-state index is 0.00278. The molecule has 2 aliphatic carbocycles. The summed E-state index contributed by atoms with van der Waals surface area (Å²) >= 11 is 0. The van der Waals surface area contributed by atoms with Crippen LogP contribution >= 0.6 is 0 Å². The maximum absolute atomic E-state index is 12.5. The van der Waals surface area contributed by atoms with Crippen LogP contribution in [0.2, 0.25) is 0 Å². The van der Waals surface area contributed by atoms with E-state index in [-0.39, 0.29) is 11.2 Å². The molecule has 4 rings (SSSR count). The summed E-state index contributed by atoms with van der Waals surface area (Å²) in [6, 6.07) is 8.31. The van der Waals surface area contributed by atoms with Crippen LogP contribution in [0.15, 0.2) is 24.3 Å². The normalized spacial score (nSPS) is 18.0. The number of Topliss-reactive ketones (excluding diaryl/α,β-unsaturated/α-hetero) is 1. The Hall–Kier alpha value is -2.16. The quantitative estimate of drug-likeness (QED) is 0.799. The van der Waals surface area contributed by atoms with Gasteiger partial charge in [-0.05, 0) is 54.0 Å². The lowest BCUT2D eigenvalue weighted by Crippen LogP contribution is -2.28. The van der Waals surface area contributed by atoms with Crippen LogP contribution in [0.4, 0.5) is 0 Å². The molecule has 1 aromatic heterocycles. The highest BCUT2D eigenvalue weighted by Crippen LogP contribution is 2.39. The topological polar surface area (TPSA) is 39.2 Å². The molecule has 0 N–H and O–H groups in total. The van der Waals surface area contributed by atoms with E-state index < -0.39 is 0 Å². The fraction of sp³-hybridized carbons (Fsp3) is 0.400. The lowest BCUT2D eigenvalue weighted by atomic mass is 9.74. The minimum atomic E-state index is -0.00278. The van der Waals surface area contributed by atoms with Crippen LogP contribution in [0, 0.1) is 5.41 Å². The number of fused-ring (bicyclic) bond motifs is 4. The standard InChI is InChI=1S/C20H21NO2/c1-20(2)10-17-16(18(22)11-20)8-13-5-4-12-6-7-14(23-3)9-15(12)19(13)21-17/h6-9H,4-5,10-11H2,1-3H3. The number of aryl methyl sites for hydroxylation is 2. The van der Waals surface area contributed by atoms with Gasteiger partial charge in [-0.3, -0.25) is 9.78 Å². The molecule has 2 aromatic rings. The summed E-state index contributed by atoms with van der Waals surface area (Å²) in [4.78, 5) is 17.4. The van der Waals surface area contributed by atoms with E-state index in [1.165, 1.54) is 11.1 Å². The molecule has 23 heavy (non-hydrogen) atoms. The van der Waals surface area contributed by atoms with Gasteiger partial charge >= 0.3 is 0 Å². The third kappa shape index (κ3) is 2.35. The Balaban J connectivity index is 1.90. The molecule has 1 aromatic carbocycles. The summed E-state index contributed by atoms with van der Waals surface area (Å²) in [5.41, 5.74) is 6.50. The van der Waals surface area contributed by atoms with Crippen molar-refractivity contribution in [1.29, 1.82) is 0 Å². The van der Waals surface area contributed by atoms with Crippen molar-refractivity contribution in [3.05, 3.63) is 46.6 Å². The van der Waals surface area contributed by atoms with Crippen LogP contribution in [-0.4, -0.2) is 17.9 Å². The molecule has 3 heteroatoms. The van der Waals surface area contributed by atoms with E-state index in [1.54, 1.807) is 7.11 Å². The molecule has 1 heterocycles. The highest BCUT2D eigenvalue weighted by molar-refractivity contribution is 5.99. The van der Waals surface area contributed by atoms with E-state index >= 15 is 0 Å². The number of aromatic nitrogens is 1. The van der Waals surface area contributed by atoms with E-state index in [0.717, 1.165) is 47.5 Å². The van der Waals surface area contributed by atoms with Crippen molar-refractivity contribution in [2.45, 2.75) is 39.5 Å². The van der Waals surface area contributed by atoms with Crippen LogP contribution in [0.5, 0.6) is 5.75 Å². The Morgan fingerprint density at radius 3 is 2.61 bits per heavy atom. The van der Waals surface area contributed by atoms with Gasteiger partial charge in [0.25, 0.3) is 0 Å². The van der Waals surface area contributed by atoms with Crippen LogP contribution in [0.3, 0.4) is 0 Å². The molecule has 0 amide bonds. The minimum Gasteiger partial charge on any atom is -0.497 e. The van der Waals surface area contributed by atoms with Gasteiger partial charge in [0.15, 0.2) is 5.78 Å². The van der Waals surface area contributed by atoms with E-state index in [1.807, 2.05) is 6.07 Å². The second-order valence-corrected chi connectivity index (χ2v) is 7.45. The van der Waals surface area contributed by atoms with E-state index in [2.05, 4.69) is 32.0 Å². The fourth-order valence-corrected chi connectivity index (χ4v) is 3.83. The summed E-state index contributed by atoms with van der Waals surface area (Å²) in [6.45, 7) is 4.29. The molecule has 3 nitrogen and oxygen atoms in total. The van der Waals surface area contributed by atoms with Crippen molar-refractivity contribution in [3.63, 3.8) is 0 Å². The number of ketones is 1. The van der Waals surface area contributed by atoms with Crippen molar-refractivity contribution in [2.75, 3.05) is 7.11 Å². The van der Waals surface area contributed by atoms with Gasteiger partial charge in [-0.15, -0.1) is 0 Å². The second-order valence-electron chi connectivity index (χ2n) is 7.45. The molecular formula is C20H21NO2. The van der Waals surface area contributed by atoms with Crippen molar-refractivity contribution >= 4 is 5.78 Å². The number of ether oxygens (including phenoxy) is 1. The number of hydrogen-bond donors (Lipinski definition) is 0. The van der Waals surface area contributed by atoms with Crippen LogP contribution in [-0.2, 0) is 19.3 Å². The summed E-state index contributed by atoms with van der Waals surface area (Å²) in [5, 5.41) is 0. The summed E-state index contributed by atoms with van der Waals surface area (Å²) in [5.74, 6) is 1.09. The van der Waals surface area contributed by atoms with Crippen LogP contribution < -0.4 is 4.74 Å². The summed E-state index contributed by atoms with van der Waals surface area (Å²) in [7, 11) is 1.69. The van der Waals surface area contributed by atoms with Gasteiger partial charge in [-0.1, -0.05) is 19.9 Å². The molecule has 0 atom stereocenters. The second kappa shape index (κ2) is 4.92. The summed E-state index contributed by atoms with van der Waals surface area (Å²) in [6.07, 6.45) is 3.42. The first-order valence-corrected chi connectivity index (χ1v) is 8.20. The number of pyridine rings is 1. The zero-order chi connectivity index (χ0) is 16.2. The maximum atomic E-state index is 12.5. The predicted molar refractivity (Wildman–Crippen MR) is 90.1 cm³/mol. The molecule has 0 saturated heterocycles. The van der Waals surface area contributed by atoms with Crippen molar-refractivity contribution in [1.82, 2.24) is 4.98 Å². The summed E-state index contributed by atoms with van der Waals surface area (Å²) < 4.78 is 5.38. The van der Waals surface area contributed by atoms with Crippen LogP contribution in [0.25, 0.3) is 11.3 Å². The largest absolute Gasteiger partial charge is 0.497 e. The average molecular weight is 307 g/mol. The van der Waals surface area contributed by atoms with E-state index in [9.17, 15) is 4.79 Å². The van der Waals surface area contributed by atoms with Gasteiger partial charge in [0.2, 0.25) is 0 Å². The molecule has 0 fully saturated rings. The Kier molecular flexibility index (Phi) is 3.09. The Bertz CT molecular complexity index is 821. The lowest BCUT2D eigenvalue weighted by Gasteiger charge is -2.31. The smallest absolute Gasteiger partial charge is 0.165 e. The third-order valence-corrected chi connectivity index (χ3v) is 5.00. The van der Waals surface area contributed by atoms with Crippen LogP contribution in [0.1, 0.15) is 47.4 Å². The monoisotopic (exact) mass is 307 g/mol. The Labute approximate surface area is 136 Å². The van der Waals surface area contributed by atoms with Gasteiger partial charge in [-0.2, -0.15) is 0 Å². The number of rotatable bonds is 1. The average Bonchev–Trinajstić information content (AvgIpc) is 2.52. The first-order valence-electron chi connectivity index (χ1n) is 8.20. The van der Waals surface area contributed by atoms with Crippen molar-refractivity contribution in [2.24, 2.45) is 5.41 Å². The highest BCUT2D eigenvalue weighted by atomic mass is 16.5. The maximum Gasteiger partial charge on any atom is 0.165 e. The molecule has 0 spiro atoms. The molecular weight excluding hydrogens is 286 g/mol. The fourth-order valence-electron chi connectivity index (χ4n) is 3.83. The lowest BCUT2D eigenvalue weighted by molar-refractivity contribution is 0.0910. The number of carbonyl (C=O) groups is 1. The SMILES string of the molecule is COc1ccc2c(c1)-c1nc3c(cc1CC2)C(=O)CC(C)(C)C3. The molecule has 0 unspecified atom stereocenters. The van der Waals surface area contributed by atoms with E-state index in [4.69, 9.17) is 9.72 Å². The molecule has 0 aliphatic heterocycles. The number of nitrogens with zero attached hydrogens (tertiary/aromatic N) is 1. The zero-order valence-corrected chi connectivity index (χ0v) is 13.9. The molecule has 0 bridgehead atoms. The van der Waals surface area contributed by atoms with Crippen molar-refractivity contribution < 1.29 is 9.53 Å². The molecule has 0 saturated carbocycles. The number of hydrogen-bond acceptors (Lipinski definition) is 3. The first kappa shape index (κ1) is 14.4. The van der Waals surface area contributed by atoms with Gasteiger partial charge < -0.3 is 4.74 Å². The zero-order valence-electron chi connectivity index (χ0n) is 13.9. The predicted octanol–water partition coefficient (Wildman–Crippen LogP) is 4.01. The van der Waals surface area contributed by atoms with Crippen molar-refractivity contribution in [3.8, 4) is 17.0 Å². The van der Waals surface area contributed by atoms with Gasteiger partial charge in [0.05, 0.1) is 18.5 Å². The number of methoxy groups -OCH3 is 1. The number of benzene rings is 1. The Morgan fingerprint density at radius 1 is 1.04 bits per heavy atom. The molecule has 0 radical (unpaired) electrons. The first-order chi connectivity index (χ1) is 11.0. The molecule has 2 aliphatic rings. The van der Waals surface area contributed by atoms with Gasteiger partial charge in [0, 0.05) is 17.5 Å². The van der Waals surface area contributed by atoms with Gasteiger partial charge in [-0.25, -0.2) is 0 Å². The van der Waals surface area contributed by atoms with E-state index in [0.29, 0.717) is 6.42 Å². The highest BCUT2D eigenvalue weighted by Gasteiger charge is 2.33. The number of carbonyl (C=O) groups excluding carboxylic acids is 1. The molecule has 118 valence electrons. The third-order valence-electron chi connectivity index (χ3n) is 5.00.